The summed E-state index contributed by atoms with van der Waals surface area (Å²) in [6, 6.07) is 3.19. The molecule has 0 amide bonds. The van der Waals surface area contributed by atoms with E-state index in [-0.39, 0.29) is 11.9 Å². The maximum absolute atomic E-state index is 12.7. The molecule has 0 saturated carbocycles. The molecule has 5 heteroatoms. The number of rotatable bonds is 4. The van der Waals surface area contributed by atoms with E-state index in [0.29, 0.717) is 6.54 Å². The SMILES string of the molecule is CC(NCc1cnn(C)c1)c1ccc(F)cn1. The van der Waals surface area contributed by atoms with Crippen LogP contribution in [0.2, 0.25) is 0 Å². The van der Waals surface area contributed by atoms with Crippen LogP contribution in [0.15, 0.2) is 30.7 Å². The van der Waals surface area contributed by atoms with E-state index < -0.39 is 0 Å². The molecule has 0 aliphatic carbocycles. The molecule has 0 aliphatic rings. The zero-order chi connectivity index (χ0) is 12.3. The van der Waals surface area contributed by atoms with Crippen molar-refractivity contribution in [3.63, 3.8) is 0 Å². The summed E-state index contributed by atoms with van der Waals surface area (Å²) in [5, 5.41) is 7.40. The monoisotopic (exact) mass is 234 g/mol. The minimum absolute atomic E-state index is 0.0795. The van der Waals surface area contributed by atoms with Gasteiger partial charge < -0.3 is 5.32 Å². The van der Waals surface area contributed by atoms with Gasteiger partial charge in [0.25, 0.3) is 0 Å². The molecule has 0 aromatic carbocycles. The maximum Gasteiger partial charge on any atom is 0.141 e. The summed E-state index contributed by atoms with van der Waals surface area (Å²) in [6.45, 7) is 2.71. The fourth-order valence-corrected chi connectivity index (χ4v) is 1.58. The Morgan fingerprint density at radius 1 is 1.41 bits per heavy atom. The van der Waals surface area contributed by atoms with Gasteiger partial charge in [0.05, 0.1) is 18.1 Å². The minimum atomic E-state index is -0.312. The molecule has 1 atom stereocenters. The van der Waals surface area contributed by atoms with Crippen molar-refractivity contribution in [1.29, 1.82) is 0 Å². The Kier molecular flexibility index (Phi) is 3.49. The van der Waals surface area contributed by atoms with Crippen molar-refractivity contribution < 1.29 is 4.39 Å². The molecule has 0 saturated heterocycles. The quantitative estimate of drug-likeness (QED) is 0.877. The van der Waals surface area contributed by atoms with Gasteiger partial charge in [0.1, 0.15) is 5.82 Å². The summed E-state index contributed by atoms with van der Waals surface area (Å²) in [5.74, 6) is -0.312. The van der Waals surface area contributed by atoms with Crippen LogP contribution in [0.3, 0.4) is 0 Å². The summed E-state index contributed by atoms with van der Waals surface area (Å²) in [6.07, 6.45) is 5.01. The highest BCUT2D eigenvalue weighted by Gasteiger charge is 2.06. The maximum atomic E-state index is 12.7. The van der Waals surface area contributed by atoms with Gasteiger partial charge in [0.2, 0.25) is 0 Å². The summed E-state index contributed by atoms with van der Waals surface area (Å²) in [7, 11) is 1.88. The number of halogens is 1. The molecular formula is C12H15FN4. The number of nitrogens with one attached hydrogen (secondary N) is 1. The molecule has 0 radical (unpaired) electrons. The summed E-state index contributed by atoms with van der Waals surface area (Å²) >= 11 is 0. The number of aromatic nitrogens is 3. The standard InChI is InChI=1S/C12H15FN4/c1-9(12-4-3-11(13)7-15-12)14-5-10-6-16-17(2)8-10/h3-4,6-9,14H,5H2,1-2H3. The summed E-state index contributed by atoms with van der Waals surface area (Å²) < 4.78 is 14.5. The molecule has 17 heavy (non-hydrogen) atoms. The lowest BCUT2D eigenvalue weighted by Crippen LogP contribution is -2.18. The first-order valence-electron chi connectivity index (χ1n) is 5.47. The Labute approximate surface area is 99.5 Å². The van der Waals surface area contributed by atoms with E-state index in [2.05, 4.69) is 15.4 Å². The Morgan fingerprint density at radius 2 is 2.24 bits per heavy atom. The van der Waals surface area contributed by atoms with Gasteiger partial charge in [0.15, 0.2) is 0 Å². The van der Waals surface area contributed by atoms with Crippen molar-refractivity contribution in [2.45, 2.75) is 19.5 Å². The van der Waals surface area contributed by atoms with Crippen LogP contribution in [0.5, 0.6) is 0 Å². The molecule has 1 N–H and O–H groups in total. The lowest BCUT2D eigenvalue weighted by molar-refractivity contribution is 0.554. The van der Waals surface area contributed by atoms with Crippen molar-refractivity contribution in [2.75, 3.05) is 0 Å². The molecule has 2 aromatic heterocycles. The van der Waals surface area contributed by atoms with Gasteiger partial charge in [-0.15, -0.1) is 0 Å². The van der Waals surface area contributed by atoms with Crippen LogP contribution >= 0.6 is 0 Å². The summed E-state index contributed by atoms with van der Waals surface area (Å²) in [5.41, 5.74) is 1.94. The van der Waals surface area contributed by atoms with Gasteiger partial charge in [-0.2, -0.15) is 5.10 Å². The zero-order valence-corrected chi connectivity index (χ0v) is 9.89. The highest BCUT2D eigenvalue weighted by molar-refractivity contribution is 5.10. The number of hydrogen-bond acceptors (Lipinski definition) is 3. The van der Waals surface area contributed by atoms with Gasteiger partial charge in [-0.1, -0.05) is 0 Å². The van der Waals surface area contributed by atoms with E-state index in [9.17, 15) is 4.39 Å². The van der Waals surface area contributed by atoms with Crippen LogP contribution in [-0.4, -0.2) is 14.8 Å². The van der Waals surface area contributed by atoms with Crippen molar-refractivity contribution in [1.82, 2.24) is 20.1 Å². The Morgan fingerprint density at radius 3 is 2.82 bits per heavy atom. The molecule has 0 aliphatic heterocycles. The average molecular weight is 234 g/mol. The third-order valence-electron chi connectivity index (χ3n) is 2.56. The summed E-state index contributed by atoms with van der Waals surface area (Å²) in [4.78, 5) is 4.04. The number of hydrogen-bond donors (Lipinski definition) is 1. The molecule has 4 nitrogen and oxygen atoms in total. The molecule has 90 valence electrons. The molecular weight excluding hydrogens is 219 g/mol. The van der Waals surface area contributed by atoms with Crippen molar-refractivity contribution in [3.8, 4) is 0 Å². The average Bonchev–Trinajstić information content (AvgIpc) is 2.73. The third kappa shape index (κ3) is 3.10. The number of aryl methyl sites for hydroxylation is 1. The van der Waals surface area contributed by atoms with E-state index >= 15 is 0 Å². The number of pyridine rings is 1. The third-order valence-corrected chi connectivity index (χ3v) is 2.56. The zero-order valence-electron chi connectivity index (χ0n) is 9.89. The van der Waals surface area contributed by atoms with Crippen molar-refractivity contribution >= 4 is 0 Å². The Bertz CT molecular complexity index is 478. The first-order valence-corrected chi connectivity index (χ1v) is 5.47. The smallest absolute Gasteiger partial charge is 0.141 e. The normalized spacial score (nSPS) is 12.6. The second kappa shape index (κ2) is 5.05. The predicted molar refractivity (Wildman–Crippen MR) is 62.7 cm³/mol. The van der Waals surface area contributed by atoms with E-state index in [0.717, 1.165) is 11.3 Å². The Hall–Kier alpha value is -1.75. The van der Waals surface area contributed by atoms with Crippen LogP contribution in [-0.2, 0) is 13.6 Å². The first-order chi connectivity index (χ1) is 8.15. The molecule has 0 fully saturated rings. The van der Waals surface area contributed by atoms with Gasteiger partial charge in [-0.05, 0) is 19.1 Å². The fraction of sp³-hybridized carbons (Fsp3) is 0.333. The van der Waals surface area contributed by atoms with Crippen molar-refractivity contribution in [2.24, 2.45) is 7.05 Å². The van der Waals surface area contributed by atoms with Crippen LogP contribution in [0, 0.1) is 5.82 Å². The molecule has 2 rings (SSSR count). The van der Waals surface area contributed by atoms with Crippen molar-refractivity contribution in [3.05, 3.63) is 47.8 Å². The highest BCUT2D eigenvalue weighted by Crippen LogP contribution is 2.10. The lowest BCUT2D eigenvalue weighted by atomic mass is 10.2. The second-order valence-corrected chi connectivity index (χ2v) is 4.03. The molecule has 0 bridgehead atoms. The topological polar surface area (TPSA) is 42.7 Å². The Balaban J connectivity index is 1.93. The lowest BCUT2D eigenvalue weighted by Gasteiger charge is -2.12. The van der Waals surface area contributed by atoms with Crippen LogP contribution in [0.4, 0.5) is 4.39 Å². The highest BCUT2D eigenvalue weighted by atomic mass is 19.1. The molecule has 2 aromatic rings. The van der Waals surface area contributed by atoms with Gasteiger partial charge in [-0.3, -0.25) is 9.67 Å². The van der Waals surface area contributed by atoms with Crippen LogP contribution in [0.1, 0.15) is 24.2 Å². The fourth-order valence-electron chi connectivity index (χ4n) is 1.58. The van der Waals surface area contributed by atoms with E-state index in [4.69, 9.17) is 0 Å². The predicted octanol–water partition coefficient (Wildman–Crippen LogP) is 1.81. The van der Waals surface area contributed by atoms with Gasteiger partial charge in [-0.25, -0.2) is 4.39 Å². The first kappa shape index (κ1) is 11.7. The second-order valence-electron chi connectivity index (χ2n) is 4.03. The minimum Gasteiger partial charge on any atom is -0.305 e. The largest absolute Gasteiger partial charge is 0.305 e. The van der Waals surface area contributed by atoms with Gasteiger partial charge >= 0.3 is 0 Å². The molecule has 1 unspecified atom stereocenters. The molecule has 2 heterocycles. The number of nitrogens with zero attached hydrogens (tertiary/aromatic N) is 3. The van der Waals surface area contributed by atoms with E-state index in [1.54, 1.807) is 10.7 Å². The van der Waals surface area contributed by atoms with Crippen LogP contribution in [0.25, 0.3) is 0 Å². The van der Waals surface area contributed by atoms with E-state index in [1.807, 2.05) is 26.4 Å². The van der Waals surface area contributed by atoms with Crippen LogP contribution < -0.4 is 5.32 Å². The van der Waals surface area contributed by atoms with E-state index in [1.165, 1.54) is 12.3 Å². The van der Waals surface area contributed by atoms with Gasteiger partial charge in [0, 0.05) is 31.4 Å². The molecule has 0 spiro atoms.